The molecule has 0 aliphatic carbocycles. The fourth-order valence-corrected chi connectivity index (χ4v) is 6.73. The van der Waals surface area contributed by atoms with Gasteiger partial charge in [-0.25, -0.2) is 12.4 Å². The number of halogens is 1. The van der Waals surface area contributed by atoms with Crippen molar-refractivity contribution in [2.75, 3.05) is 6.61 Å². The van der Waals surface area contributed by atoms with Crippen molar-refractivity contribution >= 4 is 55.0 Å². The van der Waals surface area contributed by atoms with E-state index in [2.05, 4.69) is 4.98 Å². The molecule has 0 saturated heterocycles. The van der Waals surface area contributed by atoms with Crippen LogP contribution in [-0.4, -0.2) is 35.7 Å². The third-order valence-electron chi connectivity index (χ3n) is 7.29. The number of Topliss-reactive ketones (excluding diaryl/α,β-unsaturated/α-hetero) is 1. The van der Waals surface area contributed by atoms with Gasteiger partial charge in [-0.15, -0.1) is 0 Å². The number of fused-ring (bicyclic) bond motifs is 2. The van der Waals surface area contributed by atoms with Crippen LogP contribution in [0.3, 0.4) is 0 Å². The Morgan fingerprint density at radius 2 is 1.68 bits per heavy atom. The average Bonchev–Trinajstić information content (AvgIpc) is 3.39. The minimum Gasteiger partial charge on any atom is -0.485 e. The van der Waals surface area contributed by atoms with Gasteiger partial charge in [0, 0.05) is 40.0 Å². The minimum atomic E-state index is -4.05. The number of aromatic nitrogens is 2. The highest BCUT2D eigenvalue weighted by molar-refractivity contribution is 7.90. The number of primary amides is 1. The second kappa shape index (κ2) is 11.6. The average molecular weight is 624 g/mol. The van der Waals surface area contributed by atoms with E-state index >= 15 is 0 Å². The zero-order valence-corrected chi connectivity index (χ0v) is 25.1. The number of rotatable bonds is 9. The van der Waals surface area contributed by atoms with Gasteiger partial charge in [0.05, 0.1) is 16.0 Å². The van der Waals surface area contributed by atoms with Crippen LogP contribution in [0, 0.1) is 6.92 Å². The smallest absolute Gasteiger partial charge is 0.268 e. The number of carbonyl (C=O) groups is 2. The Kier molecular flexibility index (Phi) is 7.67. The Bertz CT molecular complexity index is 2190. The number of nitrogens with two attached hydrogens (primary N) is 1. The summed E-state index contributed by atoms with van der Waals surface area (Å²) in [5, 5.41) is 2.37. The summed E-state index contributed by atoms with van der Waals surface area (Å²) in [7, 11) is -4.05. The standard InChI is InChI=1S/C34H26ClN3O5S/c1-21-6-5-7-26(37-21)14-22-10-13-28-30(19-38(31(28)15-22)44(41,42)27-8-3-2-4-9-27)32(39)20-43-33-18-23-11-12-25(35)16-24(23)17-29(33)34(36)40/h2-13,15-19H,14,20H2,1H3,(H2,36,40). The number of aryl methyl sites for hydroxylation is 1. The maximum Gasteiger partial charge on any atom is 0.268 e. The van der Waals surface area contributed by atoms with Crippen molar-refractivity contribution in [1.29, 1.82) is 0 Å². The maximum atomic E-state index is 13.8. The third-order valence-corrected chi connectivity index (χ3v) is 9.22. The largest absolute Gasteiger partial charge is 0.485 e. The molecule has 0 fully saturated rings. The molecule has 0 spiro atoms. The number of ketones is 1. The van der Waals surface area contributed by atoms with E-state index in [1.165, 1.54) is 18.3 Å². The minimum absolute atomic E-state index is 0.0836. The van der Waals surface area contributed by atoms with E-state index in [1.54, 1.807) is 60.7 Å². The highest BCUT2D eigenvalue weighted by Crippen LogP contribution is 2.31. The molecular weight excluding hydrogens is 598 g/mol. The summed E-state index contributed by atoms with van der Waals surface area (Å²) >= 11 is 6.10. The van der Waals surface area contributed by atoms with Gasteiger partial charge < -0.3 is 10.5 Å². The molecule has 6 rings (SSSR count). The van der Waals surface area contributed by atoms with Gasteiger partial charge in [-0.3, -0.25) is 14.6 Å². The fraction of sp³-hybridized carbons (Fsp3) is 0.0882. The van der Waals surface area contributed by atoms with Crippen molar-refractivity contribution in [2.45, 2.75) is 18.2 Å². The molecule has 4 aromatic carbocycles. The lowest BCUT2D eigenvalue weighted by molar-refractivity contribution is 0.0914. The zero-order valence-electron chi connectivity index (χ0n) is 23.5. The van der Waals surface area contributed by atoms with Crippen molar-refractivity contribution in [3.8, 4) is 5.75 Å². The molecule has 220 valence electrons. The summed E-state index contributed by atoms with van der Waals surface area (Å²) in [4.78, 5) is 30.5. The van der Waals surface area contributed by atoms with E-state index in [4.69, 9.17) is 22.1 Å². The van der Waals surface area contributed by atoms with Gasteiger partial charge in [0.1, 0.15) is 5.75 Å². The van der Waals surface area contributed by atoms with Gasteiger partial charge in [0.2, 0.25) is 5.78 Å². The number of pyridine rings is 1. The molecule has 2 N–H and O–H groups in total. The van der Waals surface area contributed by atoms with Gasteiger partial charge in [-0.2, -0.15) is 0 Å². The summed E-state index contributed by atoms with van der Waals surface area (Å²) in [6.45, 7) is 1.45. The molecule has 0 aliphatic rings. The van der Waals surface area contributed by atoms with Crippen LogP contribution in [0.5, 0.6) is 5.75 Å². The Hall–Kier alpha value is -4.99. The quantitative estimate of drug-likeness (QED) is 0.188. The Morgan fingerprint density at radius 3 is 2.43 bits per heavy atom. The SMILES string of the molecule is Cc1cccc(Cc2ccc3c(C(=O)COc4cc5ccc(Cl)cc5cc4C(N)=O)cn(S(=O)(=O)c4ccccc4)c3c2)n1. The van der Waals surface area contributed by atoms with Crippen molar-refractivity contribution in [3.63, 3.8) is 0 Å². The van der Waals surface area contributed by atoms with Crippen LogP contribution < -0.4 is 10.5 Å². The van der Waals surface area contributed by atoms with Crippen molar-refractivity contribution < 1.29 is 22.7 Å². The van der Waals surface area contributed by atoms with Crippen LogP contribution in [0.15, 0.2) is 108 Å². The van der Waals surface area contributed by atoms with Crippen molar-refractivity contribution in [3.05, 3.63) is 136 Å². The van der Waals surface area contributed by atoms with Gasteiger partial charge in [0.25, 0.3) is 15.9 Å². The molecule has 2 heterocycles. The van der Waals surface area contributed by atoms with E-state index in [0.717, 1.165) is 26.3 Å². The van der Waals surface area contributed by atoms with Crippen LogP contribution >= 0.6 is 11.6 Å². The number of carbonyl (C=O) groups excluding carboxylic acids is 2. The molecule has 2 aromatic heterocycles. The van der Waals surface area contributed by atoms with Crippen LogP contribution in [0.1, 0.15) is 37.7 Å². The molecule has 0 atom stereocenters. The Balaban J connectivity index is 1.39. The van der Waals surface area contributed by atoms with E-state index in [-0.39, 0.29) is 21.8 Å². The number of nitrogens with zero attached hydrogens (tertiary/aromatic N) is 2. The van der Waals surface area contributed by atoms with E-state index in [1.807, 2.05) is 31.2 Å². The number of ether oxygens (including phenoxy) is 1. The van der Waals surface area contributed by atoms with E-state index in [9.17, 15) is 18.0 Å². The lowest BCUT2D eigenvalue weighted by Gasteiger charge is -2.11. The highest BCUT2D eigenvalue weighted by Gasteiger charge is 2.25. The van der Waals surface area contributed by atoms with Crippen molar-refractivity contribution in [1.82, 2.24) is 8.96 Å². The van der Waals surface area contributed by atoms with Gasteiger partial charge >= 0.3 is 0 Å². The lowest BCUT2D eigenvalue weighted by atomic mass is 10.0. The van der Waals surface area contributed by atoms with Crippen molar-refractivity contribution in [2.24, 2.45) is 5.73 Å². The normalized spacial score (nSPS) is 11.6. The predicted octanol–water partition coefficient (Wildman–Crippen LogP) is 6.34. The first kappa shape index (κ1) is 29.1. The zero-order chi connectivity index (χ0) is 31.0. The topological polar surface area (TPSA) is 121 Å². The number of amides is 1. The number of hydrogen-bond acceptors (Lipinski definition) is 6. The Labute approximate surface area is 258 Å². The summed E-state index contributed by atoms with van der Waals surface area (Å²) in [6.07, 6.45) is 1.80. The summed E-state index contributed by atoms with van der Waals surface area (Å²) < 4.78 is 34.6. The third kappa shape index (κ3) is 5.67. The molecule has 0 aliphatic heterocycles. The molecule has 0 saturated carbocycles. The van der Waals surface area contributed by atoms with Crippen LogP contribution in [-0.2, 0) is 16.4 Å². The summed E-state index contributed by atoms with van der Waals surface area (Å²) in [6, 6.07) is 27.4. The molecule has 0 radical (unpaired) electrons. The molecule has 0 bridgehead atoms. The number of benzene rings is 4. The molecule has 1 amide bonds. The number of hydrogen-bond donors (Lipinski definition) is 1. The van der Waals surface area contributed by atoms with Crippen LogP contribution in [0.2, 0.25) is 5.02 Å². The van der Waals surface area contributed by atoms with Crippen LogP contribution in [0.25, 0.3) is 21.7 Å². The highest BCUT2D eigenvalue weighted by atomic mass is 35.5. The summed E-state index contributed by atoms with van der Waals surface area (Å²) in [5.41, 5.74) is 8.75. The molecule has 6 aromatic rings. The first-order valence-electron chi connectivity index (χ1n) is 13.7. The second-order valence-corrected chi connectivity index (χ2v) is 12.6. The molecular formula is C34H26ClN3O5S. The molecule has 10 heteroatoms. The Morgan fingerprint density at radius 1 is 0.886 bits per heavy atom. The van der Waals surface area contributed by atoms with E-state index < -0.39 is 28.3 Å². The predicted molar refractivity (Wildman–Crippen MR) is 170 cm³/mol. The molecule has 44 heavy (non-hydrogen) atoms. The van der Waals surface area contributed by atoms with Gasteiger partial charge in [0.15, 0.2) is 6.61 Å². The van der Waals surface area contributed by atoms with Gasteiger partial charge in [-0.05, 0) is 77.9 Å². The fourth-order valence-electron chi connectivity index (χ4n) is 5.17. The molecule has 8 nitrogen and oxygen atoms in total. The first-order chi connectivity index (χ1) is 21.1. The monoisotopic (exact) mass is 623 g/mol. The van der Waals surface area contributed by atoms with E-state index in [0.29, 0.717) is 27.7 Å². The second-order valence-electron chi connectivity index (χ2n) is 10.4. The maximum absolute atomic E-state index is 13.8. The lowest BCUT2D eigenvalue weighted by Crippen LogP contribution is -2.17. The molecule has 0 unspecified atom stereocenters. The first-order valence-corrected chi connectivity index (χ1v) is 15.5. The summed E-state index contributed by atoms with van der Waals surface area (Å²) in [5.74, 6) is -1.07. The van der Waals surface area contributed by atoms with Crippen LogP contribution in [0.4, 0.5) is 0 Å². The van der Waals surface area contributed by atoms with Gasteiger partial charge in [-0.1, -0.05) is 54.1 Å².